The molecule has 1 aliphatic rings. The minimum Gasteiger partial charge on any atom is -0.503 e. The van der Waals surface area contributed by atoms with E-state index >= 15 is 0 Å². The first-order valence-electron chi connectivity index (χ1n) is 10.7. The lowest BCUT2D eigenvalue weighted by Crippen LogP contribution is -2.50. The molecule has 3 aromatic carbocycles. The van der Waals surface area contributed by atoms with E-state index in [1.807, 2.05) is 42.5 Å². The Morgan fingerprint density at radius 3 is 2.27 bits per heavy atom. The highest BCUT2D eigenvalue weighted by Gasteiger charge is 2.40. The van der Waals surface area contributed by atoms with Gasteiger partial charge in [-0.3, -0.25) is 4.79 Å². The molecule has 1 aromatic heterocycles. The molecule has 5 rings (SSSR count). The number of carbonyl (C=O) groups is 1. The van der Waals surface area contributed by atoms with E-state index in [-0.39, 0.29) is 27.8 Å². The Balaban J connectivity index is 1.71. The minimum atomic E-state index is -1.06. The van der Waals surface area contributed by atoms with Gasteiger partial charge in [0.2, 0.25) is 5.43 Å². The molecule has 4 aromatic rings. The molecule has 0 unspecified atom stereocenters. The number of benzene rings is 3. The SMILES string of the molecule is Nc1ccc2c(=O)c(-c3ccc(C4(NC(=O)O)CCC4)cc3)c(-c3ccccc3)oc2c1O. The fourth-order valence-electron chi connectivity index (χ4n) is 4.49. The lowest BCUT2D eigenvalue weighted by atomic mass is 9.71. The van der Waals surface area contributed by atoms with Crippen LogP contribution in [0.4, 0.5) is 10.5 Å². The minimum absolute atomic E-state index is 0.0401. The number of carboxylic acid groups (broad SMARTS) is 1. The number of phenolic OH excluding ortho intramolecular Hbond substituents is 1. The summed E-state index contributed by atoms with van der Waals surface area (Å²) in [4.78, 5) is 24.9. The second-order valence-corrected chi connectivity index (χ2v) is 8.32. The third kappa shape index (κ3) is 3.38. The van der Waals surface area contributed by atoms with E-state index in [1.165, 1.54) is 6.07 Å². The van der Waals surface area contributed by atoms with E-state index in [4.69, 9.17) is 10.2 Å². The zero-order valence-electron chi connectivity index (χ0n) is 17.7. The average molecular weight is 442 g/mol. The highest BCUT2D eigenvalue weighted by atomic mass is 16.4. The van der Waals surface area contributed by atoms with Gasteiger partial charge in [0.25, 0.3) is 0 Å². The zero-order valence-corrected chi connectivity index (χ0v) is 17.7. The Bertz CT molecular complexity index is 1420. The van der Waals surface area contributed by atoms with Gasteiger partial charge in [-0.2, -0.15) is 0 Å². The third-order valence-electron chi connectivity index (χ3n) is 6.38. The summed E-state index contributed by atoms with van der Waals surface area (Å²) >= 11 is 0. The Kier molecular flexibility index (Phi) is 4.82. The summed E-state index contributed by atoms with van der Waals surface area (Å²) < 4.78 is 6.09. The van der Waals surface area contributed by atoms with E-state index in [1.54, 1.807) is 18.2 Å². The van der Waals surface area contributed by atoms with Gasteiger partial charge in [-0.15, -0.1) is 0 Å². The van der Waals surface area contributed by atoms with Crippen LogP contribution in [-0.2, 0) is 5.54 Å². The van der Waals surface area contributed by atoms with Crippen LogP contribution in [0.5, 0.6) is 5.75 Å². The van der Waals surface area contributed by atoms with Crippen molar-refractivity contribution in [1.29, 1.82) is 0 Å². The lowest BCUT2D eigenvalue weighted by Gasteiger charge is -2.42. The molecular weight excluding hydrogens is 420 g/mol. The van der Waals surface area contributed by atoms with Gasteiger partial charge in [0.15, 0.2) is 11.3 Å². The van der Waals surface area contributed by atoms with E-state index in [9.17, 15) is 19.8 Å². The zero-order chi connectivity index (χ0) is 23.2. The van der Waals surface area contributed by atoms with Crippen molar-refractivity contribution in [3.63, 3.8) is 0 Å². The standard InChI is InChI=1S/C26H22N2O5/c27-19-12-11-18-21(29)20(23(33-24(18)22(19)30)16-5-2-1-3-6-16)15-7-9-17(10-8-15)26(13-4-14-26)28-25(31)32/h1-3,5-12,28,30H,4,13-14,27H2,(H,31,32). The highest BCUT2D eigenvalue weighted by Crippen LogP contribution is 2.42. The topological polar surface area (TPSA) is 126 Å². The molecule has 0 spiro atoms. The molecule has 166 valence electrons. The van der Waals surface area contributed by atoms with Crippen LogP contribution in [0, 0.1) is 0 Å². The first kappa shape index (κ1) is 20.6. The number of anilines is 1. The van der Waals surface area contributed by atoms with Gasteiger partial charge in [-0.25, -0.2) is 4.79 Å². The van der Waals surface area contributed by atoms with Crippen LogP contribution in [-0.4, -0.2) is 16.3 Å². The van der Waals surface area contributed by atoms with Crippen LogP contribution in [0.3, 0.4) is 0 Å². The van der Waals surface area contributed by atoms with Crippen LogP contribution < -0.4 is 16.5 Å². The third-order valence-corrected chi connectivity index (χ3v) is 6.38. The number of aromatic hydroxyl groups is 1. The number of hydrogen-bond acceptors (Lipinski definition) is 5. The van der Waals surface area contributed by atoms with Gasteiger partial charge in [0, 0.05) is 5.56 Å². The second-order valence-electron chi connectivity index (χ2n) is 8.32. The van der Waals surface area contributed by atoms with Gasteiger partial charge in [-0.05, 0) is 42.5 Å². The van der Waals surface area contributed by atoms with Gasteiger partial charge in [0.1, 0.15) is 5.76 Å². The first-order valence-corrected chi connectivity index (χ1v) is 10.7. The normalized spacial score (nSPS) is 14.5. The molecule has 1 fully saturated rings. The molecule has 7 nitrogen and oxygen atoms in total. The fourth-order valence-corrected chi connectivity index (χ4v) is 4.49. The van der Waals surface area contributed by atoms with Crippen molar-refractivity contribution in [2.24, 2.45) is 0 Å². The van der Waals surface area contributed by atoms with Crippen molar-refractivity contribution in [2.75, 3.05) is 5.73 Å². The molecule has 1 aliphatic carbocycles. The predicted octanol–water partition coefficient (Wildman–Crippen LogP) is 5.06. The summed E-state index contributed by atoms with van der Waals surface area (Å²) in [6, 6.07) is 19.5. The quantitative estimate of drug-likeness (QED) is 0.258. The Hall–Kier alpha value is -4.26. The van der Waals surface area contributed by atoms with Crippen molar-refractivity contribution in [1.82, 2.24) is 5.32 Å². The Labute approximate surface area is 189 Å². The Morgan fingerprint density at radius 2 is 1.67 bits per heavy atom. The van der Waals surface area contributed by atoms with Crippen molar-refractivity contribution in [3.8, 4) is 28.2 Å². The van der Waals surface area contributed by atoms with E-state index in [0.29, 0.717) is 22.5 Å². The van der Waals surface area contributed by atoms with Crippen LogP contribution in [0.25, 0.3) is 33.4 Å². The molecule has 1 heterocycles. The van der Waals surface area contributed by atoms with E-state index in [0.717, 1.165) is 24.8 Å². The molecule has 33 heavy (non-hydrogen) atoms. The number of hydrogen-bond donors (Lipinski definition) is 4. The molecule has 5 N–H and O–H groups in total. The number of rotatable bonds is 4. The largest absolute Gasteiger partial charge is 0.503 e. The van der Waals surface area contributed by atoms with Gasteiger partial charge >= 0.3 is 6.09 Å². The second kappa shape index (κ2) is 7.70. The number of phenols is 1. The van der Waals surface area contributed by atoms with Crippen molar-refractivity contribution >= 4 is 22.7 Å². The Morgan fingerprint density at radius 1 is 0.970 bits per heavy atom. The number of amides is 1. The molecule has 0 radical (unpaired) electrons. The van der Waals surface area contributed by atoms with Gasteiger partial charge in [0.05, 0.1) is 22.2 Å². The molecular formula is C26H22N2O5. The number of nitrogen functional groups attached to an aromatic ring is 1. The van der Waals surface area contributed by atoms with Crippen molar-refractivity contribution in [3.05, 3.63) is 82.5 Å². The van der Waals surface area contributed by atoms with E-state index in [2.05, 4.69) is 5.32 Å². The highest BCUT2D eigenvalue weighted by molar-refractivity contribution is 5.94. The van der Waals surface area contributed by atoms with Crippen molar-refractivity contribution in [2.45, 2.75) is 24.8 Å². The maximum atomic E-state index is 13.6. The van der Waals surface area contributed by atoms with Gasteiger partial charge in [-0.1, -0.05) is 54.6 Å². The summed E-state index contributed by atoms with van der Waals surface area (Å²) in [6.07, 6.45) is 1.35. The van der Waals surface area contributed by atoms with Gasteiger partial charge < -0.3 is 25.7 Å². The van der Waals surface area contributed by atoms with Crippen LogP contribution in [0.1, 0.15) is 24.8 Å². The maximum absolute atomic E-state index is 13.6. The monoisotopic (exact) mass is 442 g/mol. The molecule has 0 saturated heterocycles. The van der Waals surface area contributed by atoms with Crippen LogP contribution >= 0.6 is 0 Å². The molecule has 1 saturated carbocycles. The lowest BCUT2D eigenvalue weighted by molar-refractivity contribution is 0.144. The van der Waals surface area contributed by atoms with Crippen molar-refractivity contribution < 1.29 is 19.4 Å². The number of nitrogens with one attached hydrogen (secondary N) is 1. The summed E-state index contributed by atoms with van der Waals surface area (Å²) in [7, 11) is 0. The molecule has 1 amide bonds. The number of nitrogens with two attached hydrogens (primary N) is 1. The summed E-state index contributed by atoms with van der Waals surface area (Å²) in [6.45, 7) is 0. The fraction of sp³-hybridized carbons (Fsp3) is 0.154. The maximum Gasteiger partial charge on any atom is 0.405 e. The summed E-state index contributed by atoms with van der Waals surface area (Å²) in [5.74, 6) is 0.0547. The van der Waals surface area contributed by atoms with Crippen LogP contribution in [0.15, 0.2) is 75.9 Å². The average Bonchev–Trinajstić information content (AvgIpc) is 2.79. The predicted molar refractivity (Wildman–Crippen MR) is 126 cm³/mol. The molecule has 7 heteroatoms. The van der Waals surface area contributed by atoms with Crippen LogP contribution in [0.2, 0.25) is 0 Å². The number of fused-ring (bicyclic) bond motifs is 1. The molecule has 0 aliphatic heterocycles. The summed E-state index contributed by atoms with van der Waals surface area (Å²) in [5.41, 5.74) is 7.64. The first-order chi connectivity index (χ1) is 15.9. The summed E-state index contributed by atoms with van der Waals surface area (Å²) in [5, 5.41) is 22.6. The molecule has 0 atom stereocenters. The van der Waals surface area contributed by atoms with E-state index < -0.39 is 11.6 Å². The smallest absolute Gasteiger partial charge is 0.405 e. The molecule has 0 bridgehead atoms.